The molecule has 26 heavy (non-hydrogen) atoms. The van der Waals surface area contributed by atoms with E-state index in [1.54, 1.807) is 13.1 Å². The average molecular weight is 355 g/mol. The van der Waals surface area contributed by atoms with Crippen LogP contribution in [-0.2, 0) is 10.2 Å². The Balaban J connectivity index is 1.61. The lowest BCUT2D eigenvalue weighted by Gasteiger charge is -2.20. The van der Waals surface area contributed by atoms with Crippen molar-refractivity contribution in [2.45, 2.75) is 65.0 Å². The van der Waals surface area contributed by atoms with Crippen molar-refractivity contribution in [3.63, 3.8) is 0 Å². The van der Waals surface area contributed by atoms with Gasteiger partial charge in [-0.15, -0.1) is 0 Å². The SMILES string of the molecule is CC(Oc1ccc(C(C)(C)C)cc1)C(=O)Nc1ccnn1C(C)C1CC1. The van der Waals surface area contributed by atoms with E-state index in [1.165, 1.54) is 18.4 Å². The summed E-state index contributed by atoms with van der Waals surface area (Å²) in [6.45, 7) is 10.4. The lowest BCUT2D eigenvalue weighted by Crippen LogP contribution is -2.31. The van der Waals surface area contributed by atoms with E-state index in [-0.39, 0.29) is 11.3 Å². The number of carbonyl (C=O) groups excluding carboxylic acids is 1. The van der Waals surface area contributed by atoms with E-state index >= 15 is 0 Å². The molecule has 2 atom stereocenters. The van der Waals surface area contributed by atoms with Gasteiger partial charge >= 0.3 is 0 Å². The molecule has 5 heteroatoms. The number of amides is 1. The number of carbonyl (C=O) groups is 1. The molecule has 1 aromatic heterocycles. The summed E-state index contributed by atoms with van der Waals surface area (Å²) in [5.74, 6) is 1.92. The maximum atomic E-state index is 12.5. The van der Waals surface area contributed by atoms with Crippen LogP contribution in [0.3, 0.4) is 0 Å². The fourth-order valence-electron chi connectivity index (χ4n) is 3.04. The number of aromatic nitrogens is 2. The fourth-order valence-corrected chi connectivity index (χ4v) is 3.04. The van der Waals surface area contributed by atoms with Crippen molar-refractivity contribution in [2.75, 3.05) is 5.32 Å². The van der Waals surface area contributed by atoms with Crippen molar-refractivity contribution in [1.82, 2.24) is 9.78 Å². The summed E-state index contributed by atoms with van der Waals surface area (Å²) in [6.07, 6.45) is 3.61. The van der Waals surface area contributed by atoms with Gasteiger partial charge in [0.1, 0.15) is 11.6 Å². The average Bonchev–Trinajstić information content (AvgIpc) is 3.33. The summed E-state index contributed by atoms with van der Waals surface area (Å²) in [5, 5.41) is 7.31. The molecule has 2 unspecified atom stereocenters. The zero-order chi connectivity index (χ0) is 18.9. The van der Waals surface area contributed by atoms with Gasteiger partial charge in [0.25, 0.3) is 5.91 Å². The molecule has 140 valence electrons. The maximum Gasteiger partial charge on any atom is 0.266 e. The van der Waals surface area contributed by atoms with Crippen molar-refractivity contribution in [1.29, 1.82) is 0 Å². The summed E-state index contributed by atoms with van der Waals surface area (Å²) < 4.78 is 7.71. The molecule has 0 saturated heterocycles. The summed E-state index contributed by atoms with van der Waals surface area (Å²) >= 11 is 0. The predicted molar refractivity (Wildman–Crippen MR) is 104 cm³/mol. The molecule has 0 spiro atoms. The second kappa shape index (κ2) is 7.14. The molecule has 1 aliphatic carbocycles. The number of hydrogen-bond acceptors (Lipinski definition) is 3. The van der Waals surface area contributed by atoms with E-state index in [0.29, 0.717) is 17.7 Å². The Labute approximate surface area is 155 Å². The number of nitrogens with zero attached hydrogens (tertiary/aromatic N) is 2. The van der Waals surface area contributed by atoms with Crippen LogP contribution in [0.4, 0.5) is 5.82 Å². The van der Waals surface area contributed by atoms with Gasteiger partial charge in [0, 0.05) is 6.07 Å². The highest BCUT2D eigenvalue weighted by Crippen LogP contribution is 2.40. The van der Waals surface area contributed by atoms with E-state index in [4.69, 9.17) is 4.74 Å². The second-order valence-corrected chi connectivity index (χ2v) is 8.26. The van der Waals surface area contributed by atoms with Crippen LogP contribution in [0.1, 0.15) is 59.1 Å². The van der Waals surface area contributed by atoms with Gasteiger partial charge in [0.05, 0.1) is 12.2 Å². The van der Waals surface area contributed by atoms with E-state index in [2.05, 4.69) is 38.1 Å². The number of ether oxygens (including phenoxy) is 1. The monoisotopic (exact) mass is 355 g/mol. The van der Waals surface area contributed by atoms with Crippen LogP contribution in [0.25, 0.3) is 0 Å². The van der Waals surface area contributed by atoms with Crippen LogP contribution in [0.5, 0.6) is 5.75 Å². The van der Waals surface area contributed by atoms with Crippen molar-refractivity contribution in [2.24, 2.45) is 5.92 Å². The first-order valence-corrected chi connectivity index (χ1v) is 9.37. The first kappa shape index (κ1) is 18.5. The van der Waals surface area contributed by atoms with Gasteiger partial charge in [-0.05, 0) is 55.7 Å². The molecule has 3 rings (SSSR count). The highest BCUT2D eigenvalue weighted by molar-refractivity contribution is 5.93. The summed E-state index contributed by atoms with van der Waals surface area (Å²) in [4.78, 5) is 12.5. The Morgan fingerprint density at radius 2 is 1.85 bits per heavy atom. The second-order valence-electron chi connectivity index (χ2n) is 8.26. The summed E-state index contributed by atoms with van der Waals surface area (Å²) in [6, 6.07) is 10.1. The lowest BCUT2D eigenvalue weighted by molar-refractivity contribution is -0.122. The number of benzene rings is 1. The minimum absolute atomic E-state index is 0.0954. The topological polar surface area (TPSA) is 56.1 Å². The Bertz CT molecular complexity index is 754. The first-order valence-electron chi connectivity index (χ1n) is 9.37. The molecular formula is C21H29N3O2. The molecule has 0 aliphatic heterocycles. The minimum atomic E-state index is -0.588. The Morgan fingerprint density at radius 3 is 2.42 bits per heavy atom. The third kappa shape index (κ3) is 4.26. The van der Waals surface area contributed by atoms with E-state index in [1.807, 2.05) is 35.0 Å². The van der Waals surface area contributed by atoms with Gasteiger partial charge in [-0.1, -0.05) is 32.9 Å². The van der Waals surface area contributed by atoms with Crippen molar-refractivity contribution < 1.29 is 9.53 Å². The predicted octanol–water partition coefficient (Wildman–Crippen LogP) is 4.56. The number of nitrogens with one attached hydrogen (secondary N) is 1. The molecule has 1 amide bonds. The number of rotatable bonds is 6. The third-order valence-corrected chi connectivity index (χ3v) is 5.01. The van der Waals surface area contributed by atoms with Crippen LogP contribution in [0.2, 0.25) is 0 Å². The molecule has 1 saturated carbocycles. The standard InChI is InChI=1S/C21H29N3O2/c1-14(16-6-7-16)24-19(12-13-22-24)23-20(25)15(2)26-18-10-8-17(9-11-18)21(3,4)5/h8-16H,6-7H2,1-5H3,(H,23,25). The smallest absolute Gasteiger partial charge is 0.266 e. The molecule has 1 aliphatic rings. The molecular weight excluding hydrogens is 326 g/mol. The van der Waals surface area contributed by atoms with E-state index < -0.39 is 6.10 Å². The van der Waals surface area contributed by atoms with E-state index in [0.717, 1.165) is 5.82 Å². The van der Waals surface area contributed by atoms with Crippen LogP contribution in [0.15, 0.2) is 36.5 Å². The number of hydrogen-bond donors (Lipinski definition) is 1. The lowest BCUT2D eigenvalue weighted by atomic mass is 9.87. The number of anilines is 1. The summed E-state index contributed by atoms with van der Waals surface area (Å²) in [7, 11) is 0. The molecule has 5 nitrogen and oxygen atoms in total. The quantitative estimate of drug-likeness (QED) is 0.826. The minimum Gasteiger partial charge on any atom is -0.481 e. The van der Waals surface area contributed by atoms with Crippen LogP contribution in [0, 0.1) is 5.92 Å². The molecule has 0 bridgehead atoms. The van der Waals surface area contributed by atoms with E-state index in [9.17, 15) is 4.79 Å². The molecule has 1 heterocycles. The van der Waals surface area contributed by atoms with Crippen LogP contribution in [-0.4, -0.2) is 21.8 Å². The van der Waals surface area contributed by atoms with Crippen molar-refractivity contribution in [3.8, 4) is 5.75 Å². The Kier molecular flexibility index (Phi) is 5.08. The van der Waals surface area contributed by atoms with Gasteiger partial charge in [-0.25, -0.2) is 4.68 Å². The third-order valence-electron chi connectivity index (χ3n) is 5.01. The fraction of sp³-hybridized carbons (Fsp3) is 0.524. The Morgan fingerprint density at radius 1 is 1.19 bits per heavy atom. The molecule has 1 N–H and O–H groups in total. The summed E-state index contributed by atoms with van der Waals surface area (Å²) in [5.41, 5.74) is 1.33. The zero-order valence-electron chi connectivity index (χ0n) is 16.3. The molecule has 1 aromatic carbocycles. The molecule has 0 radical (unpaired) electrons. The van der Waals surface area contributed by atoms with Crippen molar-refractivity contribution >= 4 is 11.7 Å². The van der Waals surface area contributed by atoms with Gasteiger partial charge < -0.3 is 10.1 Å². The highest BCUT2D eigenvalue weighted by Gasteiger charge is 2.31. The molecule has 1 fully saturated rings. The van der Waals surface area contributed by atoms with Gasteiger partial charge in [-0.3, -0.25) is 4.79 Å². The normalized spacial score (nSPS) is 16.8. The molecule has 2 aromatic rings. The first-order chi connectivity index (χ1) is 12.3. The largest absolute Gasteiger partial charge is 0.481 e. The van der Waals surface area contributed by atoms with Gasteiger partial charge in [-0.2, -0.15) is 5.10 Å². The highest BCUT2D eigenvalue weighted by atomic mass is 16.5. The van der Waals surface area contributed by atoms with Crippen molar-refractivity contribution in [3.05, 3.63) is 42.1 Å². The van der Waals surface area contributed by atoms with Gasteiger partial charge in [0.2, 0.25) is 0 Å². The zero-order valence-corrected chi connectivity index (χ0v) is 16.3. The Hall–Kier alpha value is -2.30. The van der Waals surface area contributed by atoms with Crippen LogP contribution >= 0.6 is 0 Å². The van der Waals surface area contributed by atoms with Gasteiger partial charge in [0.15, 0.2) is 6.10 Å². The van der Waals surface area contributed by atoms with Crippen LogP contribution < -0.4 is 10.1 Å². The maximum absolute atomic E-state index is 12.5.